The lowest BCUT2D eigenvalue weighted by Crippen LogP contribution is -2.51. The van der Waals surface area contributed by atoms with Crippen LogP contribution in [0, 0.1) is 5.92 Å². The van der Waals surface area contributed by atoms with Gasteiger partial charge in [0.05, 0.1) is 5.69 Å². The third-order valence-corrected chi connectivity index (χ3v) is 6.59. The number of carbonyl (C=O) groups excluding carboxylic acids is 3. The van der Waals surface area contributed by atoms with Crippen LogP contribution < -0.4 is 10.2 Å². The minimum absolute atomic E-state index is 0.134. The van der Waals surface area contributed by atoms with Crippen molar-refractivity contribution in [1.29, 1.82) is 0 Å². The summed E-state index contributed by atoms with van der Waals surface area (Å²) >= 11 is 3.43. The van der Waals surface area contributed by atoms with Crippen LogP contribution in [-0.4, -0.2) is 41.8 Å². The van der Waals surface area contributed by atoms with Crippen LogP contribution in [0.2, 0.25) is 0 Å². The summed E-state index contributed by atoms with van der Waals surface area (Å²) in [6, 6.07) is 18.3. The van der Waals surface area contributed by atoms with E-state index in [1.807, 2.05) is 68.4 Å². The Morgan fingerprint density at radius 1 is 1.00 bits per heavy atom. The Kier molecular flexibility index (Phi) is 7.03. The molecule has 3 amide bonds. The fourth-order valence-corrected chi connectivity index (χ4v) is 4.45. The molecule has 0 saturated heterocycles. The summed E-state index contributed by atoms with van der Waals surface area (Å²) in [7, 11) is 0. The molecule has 1 heterocycles. The van der Waals surface area contributed by atoms with Gasteiger partial charge in [-0.3, -0.25) is 19.3 Å². The van der Waals surface area contributed by atoms with Gasteiger partial charge in [-0.1, -0.05) is 66.2 Å². The summed E-state index contributed by atoms with van der Waals surface area (Å²) in [5, 5.41) is 4.75. The predicted molar refractivity (Wildman–Crippen MR) is 138 cm³/mol. The Bertz CT molecular complexity index is 1230. The Morgan fingerprint density at radius 2 is 1.68 bits per heavy atom. The number of carbonyl (C=O) groups is 3. The molecule has 0 spiro atoms. The number of halogens is 1. The molecule has 1 aliphatic rings. The van der Waals surface area contributed by atoms with Crippen LogP contribution in [0.15, 0.2) is 65.1 Å². The molecule has 7 heteroatoms. The van der Waals surface area contributed by atoms with Crippen LogP contribution in [0.3, 0.4) is 0 Å². The molecular formula is C27H28BrN3O3. The maximum Gasteiger partial charge on any atom is 0.259 e. The summed E-state index contributed by atoms with van der Waals surface area (Å²) in [5.74, 6) is -0.390. The highest BCUT2D eigenvalue weighted by Gasteiger charge is 2.34. The van der Waals surface area contributed by atoms with Gasteiger partial charge in [-0.25, -0.2) is 0 Å². The third kappa shape index (κ3) is 4.85. The van der Waals surface area contributed by atoms with E-state index in [2.05, 4.69) is 21.2 Å². The molecule has 0 bridgehead atoms. The summed E-state index contributed by atoms with van der Waals surface area (Å²) in [6.45, 7) is 6.44. The lowest BCUT2D eigenvalue weighted by Gasteiger charge is -2.31. The van der Waals surface area contributed by atoms with Crippen molar-refractivity contribution in [2.75, 3.05) is 18.0 Å². The molecule has 1 N–H and O–H groups in total. The van der Waals surface area contributed by atoms with Gasteiger partial charge in [0.15, 0.2) is 0 Å². The van der Waals surface area contributed by atoms with Gasteiger partial charge >= 0.3 is 0 Å². The zero-order valence-corrected chi connectivity index (χ0v) is 21.1. The Morgan fingerprint density at radius 3 is 2.35 bits per heavy atom. The van der Waals surface area contributed by atoms with Gasteiger partial charge in [0.1, 0.15) is 12.6 Å². The third-order valence-electron chi connectivity index (χ3n) is 6.06. The van der Waals surface area contributed by atoms with Gasteiger partial charge in [0.25, 0.3) is 5.91 Å². The van der Waals surface area contributed by atoms with Crippen molar-refractivity contribution in [3.63, 3.8) is 0 Å². The van der Waals surface area contributed by atoms with Crippen LogP contribution >= 0.6 is 15.9 Å². The smallest absolute Gasteiger partial charge is 0.259 e. The molecule has 0 aliphatic carbocycles. The molecule has 1 unspecified atom stereocenters. The van der Waals surface area contributed by atoms with Gasteiger partial charge in [-0.15, -0.1) is 0 Å². The molecular weight excluding hydrogens is 494 g/mol. The van der Waals surface area contributed by atoms with Crippen molar-refractivity contribution in [2.24, 2.45) is 5.92 Å². The standard InChI is InChI=1S/C27H28BrN3O3/c1-17(2)14-29-26(33)18(3)30(15-19-10-12-21(28)13-11-19)24(32)16-31-23-9-5-7-20-6-4-8-22(25(20)23)27(31)34/h4-13,17-18H,14-16H2,1-3H3,(H,29,33). The van der Waals surface area contributed by atoms with Crippen molar-refractivity contribution < 1.29 is 14.4 Å². The molecule has 176 valence electrons. The topological polar surface area (TPSA) is 69.7 Å². The monoisotopic (exact) mass is 521 g/mol. The van der Waals surface area contributed by atoms with Crippen LogP contribution in [0.5, 0.6) is 0 Å². The van der Waals surface area contributed by atoms with E-state index in [4.69, 9.17) is 0 Å². The zero-order valence-electron chi connectivity index (χ0n) is 19.5. The van der Waals surface area contributed by atoms with E-state index in [1.54, 1.807) is 17.9 Å². The van der Waals surface area contributed by atoms with Crippen molar-refractivity contribution in [1.82, 2.24) is 10.2 Å². The highest BCUT2D eigenvalue weighted by molar-refractivity contribution is 9.10. The largest absolute Gasteiger partial charge is 0.354 e. The number of rotatable bonds is 8. The van der Waals surface area contributed by atoms with Crippen LogP contribution in [-0.2, 0) is 16.1 Å². The lowest BCUT2D eigenvalue weighted by molar-refractivity contribution is -0.139. The fraction of sp³-hybridized carbons (Fsp3) is 0.296. The first-order valence-corrected chi connectivity index (χ1v) is 12.2. The van der Waals surface area contributed by atoms with Gasteiger partial charge in [-0.05, 0) is 48.1 Å². The van der Waals surface area contributed by atoms with E-state index in [0.29, 0.717) is 18.0 Å². The second-order valence-electron chi connectivity index (χ2n) is 9.04. The predicted octanol–water partition coefficient (Wildman–Crippen LogP) is 4.75. The quantitative estimate of drug-likeness (QED) is 0.464. The van der Waals surface area contributed by atoms with Gasteiger partial charge in [0, 0.05) is 28.5 Å². The van der Waals surface area contributed by atoms with Gasteiger partial charge in [-0.2, -0.15) is 0 Å². The van der Waals surface area contributed by atoms with E-state index in [-0.39, 0.29) is 30.8 Å². The summed E-state index contributed by atoms with van der Waals surface area (Å²) < 4.78 is 0.936. The summed E-state index contributed by atoms with van der Waals surface area (Å²) in [4.78, 5) is 42.7. The SMILES string of the molecule is CC(C)CNC(=O)C(C)N(Cc1ccc(Br)cc1)C(=O)CN1C(=O)c2cccc3cccc1c23. The van der Waals surface area contributed by atoms with Crippen molar-refractivity contribution in [3.8, 4) is 0 Å². The molecule has 6 nitrogen and oxygen atoms in total. The molecule has 1 aliphatic heterocycles. The van der Waals surface area contributed by atoms with Gasteiger partial charge in [0.2, 0.25) is 11.8 Å². The normalized spacial score (nSPS) is 13.4. The van der Waals surface area contributed by atoms with Gasteiger partial charge < -0.3 is 10.2 Å². The van der Waals surface area contributed by atoms with E-state index < -0.39 is 6.04 Å². The minimum Gasteiger partial charge on any atom is -0.354 e. The van der Waals surface area contributed by atoms with E-state index >= 15 is 0 Å². The average molecular weight is 522 g/mol. The molecule has 4 rings (SSSR count). The Hall–Kier alpha value is -3.19. The first-order valence-electron chi connectivity index (χ1n) is 11.4. The van der Waals surface area contributed by atoms with Crippen molar-refractivity contribution in [2.45, 2.75) is 33.4 Å². The second-order valence-corrected chi connectivity index (χ2v) is 9.95. The lowest BCUT2D eigenvalue weighted by atomic mass is 10.1. The van der Waals surface area contributed by atoms with Crippen molar-refractivity contribution in [3.05, 3.63) is 76.3 Å². The molecule has 0 radical (unpaired) electrons. The second kappa shape index (κ2) is 9.97. The molecule has 3 aromatic rings. The first kappa shape index (κ1) is 24.0. The molecule has 0 fully saturated rings. The molecule has 3 aromatic carbocycles. The maximum absolute atomic E-state index is 13.6. The molecule has 0 aromatic heterocycles. The fourth-order valence-electron chi connectivity index (χ4n) is 4.18. The number of benzene rings is 3. The number of anilines is 1. The number of amides is 3. The van der Waals surface area contributed by atoms with E-state index in [0.717, 1.165) is 26.5 Å². The average Bonchev–Trinajstić information content (AvgIpc) is 3.09. The minimum atomic E-state index is -0.689. The Labute approximate surface area is 208 Å². The molecule has 0 saturated carbocycles. The Balaban J connectivity index is 1.60. The van der Waals surface area contributed by atoms with Crippen LogP contribution in [0.4, 0.5) is 5.69 Å². The zero-order chi connectivity index (χ0) is 24.4. The molecule has 1 atom stereocenters. The van der Waals surface area contributed by atoms with E-state index in [1.165, 1.54) is 4.90 Å². The summed E-state index contributed by atoms with van der Waals surface area (Å²) in [5.41, 5.74) is 2.23. The number of nitrogens with one attached hydrogen (secondary N) is 1. The maximum atomic E-state index is 13.6. The number of hydrogen-bond donors (Lipinski definition) is 1. The van der Waals surface area contributed by atoms with Crippen LogP contribution in [0.25, 0.3) is 10.8 Å². The van der Waals surface area contributed by atoms with E-state index in [9.17, 15) is 14.4 Å². The highest BCUT2D eigenvalue weighted by Crippen LogP contribution is 2.37. The van der Waals surface area contributed by atoms with Crippen molar-refractivity contribution >= 4 is 50.1 Å². The highest BCUT2D eigenvalue weighted by atomic mass is 79.9. The molecule has 34 heavy (non-hydrogen) atoms. The number of hydrogen-bond acceptors (Lipinski definition) is 3. The number of nitrogens with zero attached hydrogens (tertiary/aromatic N) is 2. The first-order chi connectivity index (χ1) is 16.3. The van der Waals surface area contributed by atoms with Crippen LogP contribution in [0.1, 0.15) is 36.7 Å². The summed E-state index contributed by atoms with van der Waals surface area (Å²) in [6.07, 6.45) is 0.